The molecule has 146 valence electrons. The van der Waals surface area contributed by atoms with E-state index in [9.17, 15) is 18.3 Å². The minimum absolute atomic E-state index is 0.167. The second-order valence-electron chi connectivity index (χ2n) is 7.02. The standard InChI is InChI=1S/C16H27N5O4S/c1-4-21-14-6-5-12(11-13(14)15(17-21)16(22)23)19-7-9-20(10-8-19)26(24,25)18(2)3/h12H,4-11H2,1-3H3,(H,22,23)/t12-/m0/s1. The minimum Gasteiger partial charge on any atom is -0.476 e. The van der Waals surface area contributed by atoms with Gasteiger partial charge >= 0.3 is 5.97 Å². The molecule has 1 N–H and O–H groups in total. The summed E-state index contributed by atoms with van der Waals surface area (Å²) in [6, 6.07) is 0.235. The van der Waals surface area contributed by atoms with Crippen molar-refractivity contribution < 1.29 is 18.3 Å². The van der Waals surface area contributed by atoms with E-state index in [2.05, 4.69) is 10.00 Å². The van der Waals surface area contributed by atoms with Crippen molar-refractivity contribution >= 4 is 16.2 Å². The van der Waals surface area contributed by atoms with Gasteiger partial charge in [0.25, 0.3) is 10.2 Å². The van der Waals surface area contributed by atoms with Gasteiger partial charge in [0.1, 0.15) is 0 Å². The molecule has 10 heteroatoms. The van der Waals surface area contributed by atoms with Gasteiger partial charge < -0.3 is 5.11 Å². The third kappa shape index (κ3) is 3.38. The molecule has 1 aromatic heterocycles. The highest BCUT2D eigenvalue weighted by molar-refractivity contribution is 7.86. The van der Waals surface area contributed by atoms with Crippen LogP contribution < -0.4 is 0 Å². The molecular weight excluding hydrogens is 358 g/mol. The third-order valence-electron chi connectivity index (χ3n) is 5.40. The van der Waals surface area contributed by atoms with Gasteiger partial charge in [0, 0.05) is 64.1 Å². The first kappa shape index (κ1) is 19.3. The van der Waals surface area contributed by atoms with E-state index in [0.29, 0.717) is 39.1 Å². The van der Waals surface area contributed by atoms with Gasteiger partial charge in [-0.15, -0.1) is 0 Å². The van der Waals surface area contributed by atoms with Gasteiger partial charge in [0.05, 0.1) is 0 Å². The number of piperazine rings is 1. The van der Waals surface area contributed by atoms with Crippen LogP contribution in [0.2, 0.25) is 0 Å². The molecule has 0 aromatic carbocycles. The second kappa shape index (κ2) is 7.26. The lowest BCUT2D eigenvalue weighted by atomic mass is 9.90. The van der Waals surface area contributed by atoms with E-state index in [4.69, 9.17) is 0 Å². The minimum atomic E-state index is -3.37. The topological polar surface area (TPSA) is 99.0 Å². The fraction of sp³-hybridized carbons (Fsp3) is 0.750. The van der Waals surface area contributed by atoms with Crippen molar-refractivity contribution in [2.24, 2.45) is 0 Å². The summed E-state index contributed by atoms with van der Waals surface area (Å²) < 4.78 is 29.0. The van der Waals surface area contributed by atoms with Gasteiger partial charge in [-0.3, -0.25) is 9.58 Å². The molecule has 1 aromatic rings. The molecule has 1 aliphatic heterocycles. The van der Waals surface area contributed by atoms with E-state index < -0.39 is 16.2 Å². The van der Waals surface area contributed by atoms with Crippen molar-refractivity contribution in [3.8, 4) is 0 Å². The predicted molar refractivity (Wildman–Crippen MR) is 96.4 cm³/mol. The molecule has 26 heavy (non-hydrogen) atoms. The lowest BCUT2D eigenvalue weighted by Gasteiger charge is -2.40. The molecule has 1 atom stereocenters. The van der Waals surface area contributed by atoms with Gasteiger partial charge in [-0.05, 0) is 26.2 Å². The van der Waals surface area contributed by atoms with E-state index in [1.807, 2.05) is 6.92 Å². The molecule has 1 fully saturated rings. The highest BCUT2D eigenvalue weighted by Crippen LogP contribution is 2.28. The zero-order valence-electron chi connectivity index (χ0n) is 15.6. The molecule has 1 saturated heterocycles. The van der Waals surface area contributed by atoms with Gasteiger partial charge in [0.2, 0.25) is 0 Å². The van der Waals surface area contributed by atoms with Gasteiger partial charge in [-0.25, -0.2) is 4.79 Å². The Labute approximate surface area is 154 Å². The van der Waals surface area contributed by atoms with Crippen LogP contribution in [0.25, 0.3) is 0 Å². The Morgan fingerprint density at radius 2 is 1.92 bits per heavy atom. The monoisotopic (exact) mass is 385 g/mol. The highest BCUT2D eigenvalue weighted by Gasteiger charge is 2.35. The molecule has 0 unspecified atom stereocenters. The summed E-state index contributed by atoms with van der Waals surface area (Å²) in [6.07, 6.45) is 2.42. The Hall–Kier alpha value is -1.49. The summed E-state index contributed by atoms with van der Waals surface area (Å²) in [4.78, 5) is 13.8. The number of fused-ring (bicyclic) bond motifs is 1. The van der Waals surface area contributed by atoms with Crippen LogP contribution >= 0.6 is 0 Å². The molecule has 3 rings (SSSR count). The lowest BCUT2D eigenvalue weighted by molar-refractivity contribution is 0.0686. The van der Waals surface area contributed by atoms with Crippen molar-refractivity contribution in [3.63, 3.8) is 0 Å². The number of carboxylic acids is 1. The van der Waals surface area contributed by atoms with Crippen molar-refractivity contribution in [2.75, 3.05) is 40.3 Å². The zero-order valence-corrected chi connectivity index (χ0v) is 16.4. The summed E-state index contributed by atoms with van der Waals surface area (Å²) >= 11 is 0. The highest BCUT2D eigenvalue weighted by atomic mass is 32.2. The number of rotatable bonds is 5. The SMILES string of the molecule is CCn1nc(C(=O)O)c2c1CC[C@H](N1CCN(S(=O)(=O)N(C)C)CC1)C2. The number of hydrogen-bond donors (Lipinski definition) is 1. The Balaban J connectivity index is 1.71. The first-order valence-electron chi connectivity index (χ1n) is 8.99. The Bertz CT molecular complexity index is 781. The quantitative estimate of drug-likeness (QED) is 0.759. The van der Waals surface area contributed by atoms with E-state index in [-0.39, 0.29) is 11.7 Å². The molecule has 0 amide bonds. The predicted octanol–water partition coefficient (Wildman–Crippen LogP) is -0.117. The molecule has 2 heterocycles. The first-order valence-corrected chi connectivity index (χ1v) is 10.4. The van der Waals surface area contributed by atoms with Crippen LogP contribution in [0.4, 0.5) is 0 Å². The number of carboxylic acid groups (broad SMARTS) is 1. The fourth-order valence-corrected chi connectivity index (χ4v) is 5.03. The van der Waals surface area contributed by atoms with Crippen molar-refractivity contribution in [2.45, 2.75) is 38.8 Å². The summed E-state index contributed by atoms with van der Waals surface area (Å²) in [7, 11) is -0.282. The number of aromatic nitrogens is 2. The van der Waals surface area contributed by atoms with E-state index >= 15 is 0 Å². The number of nitrogens with zero attached hydrogens (tertiary/aromatic N) is 5. The Morgan fingerprint density at radius 3 is 2.46 bits per heavy atom. The van der Waals surface area contributed by atoms with Gasteiger partial charge in [0.15, 0.2) is 5.69 Å². The van der Waals surface area contributed by atoms with Crippen LogP contribution in [0.5, 0.6) is 0 Å². The maximum Gasteiger partial charge on any atom is 0.356 e. The average Bonchev–Trinajstić information content (AvgIpc) is 3.00. The van der Waals surface area contributed by atoms with Crippen LogP contribution in [0.15, 0.2) is 0 Å². The molecular formula is C16H27N5O4S. The molecule has 0 bridgehead atoms. The van der Waals surface area contributed by atoms with Crippen molar-refractivity contribution in [1.82, 2.24) is 23.3 Å². The molecule has 0 saturated carbocycles. The summed E-state index contributed by atoms with van der Waals surface area (Å²) in [5.41, 5.74) is 2.05. The van der Waals surface area contributed by atoms with Gasteiger partial charge in [-0.2, -0.15) is 22.1 Å². The van der Waals surface area contributed by atoms with Crippen LogP contribution in [-0.4, -0.2) is 89.1 Å². The van der Waals surface area contributed by atoms with Crippen LogP contribution in [0, 0.1) is 0 Å². The van der Waals surface area contributed by atoms with Crippen molar-refractivity contribution in [3.05, 3.63) is 17.0 Å². The normalized spacial score (nSPS) is 22.5. The van der Waals surface area contributed by atoms with E-state index in [0.717, 1.165) is 24.1 Å². The van der Waals surface area contributed by atoms with Crippen LogP contribution in [0.1, 0.15) is 35.1 Å². The van der Waals surface area contributed by atoms with Crippen molar-refractivity contribution in [1.29, 1.82) is 0 Å². The smallest absolute Gasteiger partial charge is 0.356 e. The molecule has 0 radical (unpaired) electrons. The van der Waals surface area contributed by atoms with Crippen LogP contribution in [0.3, 0.4) is 0 Å². The second-order valence-corrected chi connectivity index (χ2v) is 9.16. The molecule has 0 spiro atoms. The first-order chi connectivity index (χ1) is 12.3. The lowest BCUT2D eigenvalue weighted by Crippen LogP contribution is -2.55. The Kier molecular flexibility index (Phi) is 5.38. The molecule has 1 aliphatic carbocycles. The largest absolute Gasteiger partial charge is 0.476 e. The maximum atomic E-state index is 12.2. The summed E-state index contributed by atoms with van der Waals surface area (Å²) in [5, 5.41) is 13.7. The zero-order chi connectivity index (χ0) is 19.1. The number of aromatic carboxylic acids is 1. The van der Waals surface area contributed by atoms with E-state index in [1.165, 1.54) is 8.61 Å². The van der Waals surface area contributed by atoms with Crippen LogP contribution in [-0.2, 0) is 29.6 Å². The Morgan fingerprint density at radius 1 is 1.27 bits per heavy atom. The van der Waals surface area contributed by atoms with E-state index in [1.54, 1.807) is 18.8 Å². The number of hydrogen-bond acceptors (Lipinski definition) is 5. The van der Waals surface area contributed by atoms with Gasteiger partial charge in [-0.1, -0.05) is 0 Å². The fourth-order valence-electron chi connectivity index (χ4n) is 3.94. The molecule has 9 nitrogen and oxygen atoms in total. The third-order valence-corrected chi connectivity index (χ3v) is 7.34. The number of carbonyl (C=O) groups is 1. The molecule has 2 aliphatic rings. The summed E-state index contributed by atoms with van der Waals surface area (Å²) in [5.74, 6) is -0.976. The summed E-state index contributed by atoms with van der Waals surface area (Å²) in [6.45, 7) is 4.89. The number of aryl methyl sites for hydroxylation is 1. The average molecular weight is 385 g/mol. The maximum absolute atomic E-state index is 12.2.